The van der Waals surface area contributed by atoms with Crippen LogP contribution in [0.3, 0.4) is 0 Å². The molecule has 5 heteroatoms. The number of benzene rings is 1. The van der Waals surface area contributed by atoms with E-state index < -0.39 is 0 Å². The molecule has 1 spiro atoms. The first-order chi connectivity index (χ1) is 13.4. The summed E-state index contributed by atoms with van der Waals surface area (Å²) in [6.07, 6.45) is 3.92. The molecule has 3 rings (SSSR count). The Morgan fingerprint density at radius 1 is 1.11 bits per heavy atom. The van der Waals surface area contributed by atoms with E-state index in [0.29, 0.717) is 18.9 Å². The van der Waals surface area contributed by atoms with Crippen molar-refractivity contribution in [3.05, 3.63) is 35.4 Å². The van der Waals surface area contributed by atoms with Crippen molar-refractivity contribution < 1.29 is 9.59 Å². The van der Waals surface area contributed by atoms with Crippen LogP contribution in [0.1, 0.15) is 63.5 Å². The van der Waals surface area contributed by atoms with Gasteiger partial charge in [-0.15, -0.1) is 0 Å². The maximum Gasteiger partial charge on any atom is 0.224 e. The fourth-order valence-electron chi connectivity index (χ4n) is 4.70. The molecule has 2 aliphatic heterocycles. The molecule has 5 nitrogen and oxygen atoms in total. The van der Waals surface area contributed by atoms with Crippen molar-refractivity contribution in [2.75, 3.05) is 32.7 Å². The standard InChI is InChI=1S/C23H35N3O2/c1-18(2)21-7-5-20(6-8-21)15-25-13-4-10-23(16-25)11-14-26(17-23)22(28)9-12-24-19(3)27/h5-8,18H,4,9-17H2,1-3H3,(H,24,27)/t23-/m0/s1. The number of rotatable bonds is 6. The van der Waals surface area contributed by atoms with Crippen LogP contribution in [0.2, 0.25) is 0 Å². The fraction of sp³-hybridized carbons (Fsp3) is 0.652. The lowest BCUT2D eigenvalue weighted by molar-refractivity contribution is -0.130. The number of carbonyl (C=O) groups excluding carboxylic acids is 2. The SMILES string of the molecule is CC(=O)NCCC(=O)N1CC[C@]2(CCCN(Cc3ccc(C(C)C)cc3)C2)C1. The molecule has 2 fully saturated rings. The van der Waals surface area contributed by atoms with Crippen LogP contribution < -0.4 is 5.32 Å². The molecule has 0 bridgehead atoms. The zero-order chi connectivity index (χ0) is 20.1. The van der Waals surface area contributed by atoms with E-state index in [2.05, 4.69) is 48.3 Å². The minimum atomic E-state index is -0.0740. The highest BCUT2D eigenvalue weighted by molar-refractivity contribution is 5.78. The number of piperidine rings is 1. The molecule has 2 aliphatic rings. The lowest BCUT2D eigenvalue weighted by Crippen LogP contribution is -2.45. The number of nitrogens with zero attached hydrogens (tertiary/aromatic N) is 2. The monoisotopic (exact) mass is 385 g/mol. The Morgan fingerprint density at radius 3 is 2.54 bits per heavy atom. The zero-order valence-corrected chi connectivity index (χ0v) is 17.7. The fourth-order valence-corrected chi connectivity index (χ4v) is 4.70. The molecule has 0 unspecified atom stereocenters. The van der Waals surface area contributed by atoms with E-state index in [-0.39, 0.29) is 17.2 Å². The summed E-state index contributed by atoms with van der Waals surface area (Å²) in [5.74, 6) is 0.669. The van der Waals surface area contributed by atoms with E-state index in [1.807, 2.05) is 4.90 Å². The first kappa shape index (κ1) is 20.8. The van der Waals surface area contributed by atoms with Gasteiger partial charge in [-0.25, -0.2) is 0 Å². The van der Waals surface area contributed by atoms with Crippen molar-refractivity contribution >= 4 is 11.8 Å². The predicted molar refractivity (Wildman–Crippen MR) is 112 cm³/mol. The van der Waals surface area contributed by atoms with Gasteiger partial charge in [0.25, 0.3) is 0 Å². The lowest BCUT2D eigenvalue weighted by Gasteiger charge is -2.40. The molecular weight excluding hydrogens is 350 g/mol. The molecule has 1 N–H and O–H groups in total. The Labute approximate surface area is 169 Å². The van der Waals surface area contributed by atoms with Crippen molar-refractivity contribution in [2.45, 2.75) is 58.9 Å². The van der Waals surface area contributed by atoms with Crippen LogP contribution in [0, 0.1) is 5.41 Å². The minimum Gasteiger partial charge on any atom is -0.356 e. The molecule has 2 saturated heterocycles. The number of amides is 2. The van der Waals surface area contributed by atoms with E-state index in [1.165, 1.54) is 30.9 Å². The van der Waals surface area contributed by atoms with Gasteiger partial charge in [-0.1, -0.05) is 38.1 Å². The molecule has 0 saturated carbocycles. The molecule has 28 heavy (non-hydrogen) atoms. The van der Waals surface area contributed by atoms with Crippen LogP contribution in [0.4, 0.5) is 0 Å². The van der Waals surface area contributed by atoms with Crippen molar-refractivity contribution in [3.8, 4) is 0 Å². The van der Waals surface area contributed by atoms with Crippen LogP contribution in [0.5, 0.6) is 0 Å². The first-order valence-corrected chi connectivity index (χ1v) is 10.7. The number of hydrogen-bond donors (Lipinski definition) is 1. The third-order valence-corrected chi connectivity index (χ3v) is 6.30. The smallest absolute Gasteiger partial charge is 0.224 e. The number of hydrogen-bond acceptors (Lipinski definition) is 3. The van der Waals surface area contributed by atoms with E-state index in [9.17, 15) is 9.59 Å². The summed E-state index contributed by atoms with van der Waals surface area (Å²) in [4.78, 5) is 28.0. The van der Waals surface area contributed by atoms with Gasteiger partial charge in [-0.05, 0) is 42.9 Å². The van der Waals surface area contributed by atoms with Gasteiger partial charge in [0.05, 0.1) is 0 Å². The molecule has 1 aromatic rings. The average Bonchev–Trinajstić information content (AvgIpc) is 3.05. The van der Waals surface area contributed by atoms with E-state index >= 15 is 0 Å². The van der Waals surface area contributed by atoms with E-state index in [0.717, 1.165) is 39.1 Å². The quantitative estimate of drug-likeness (QED) is 0.818. The normalized spacial score (nSPS) is 22.8. The largest absolute Gasteiger partial charge is 0.356 e. The lowest BCUT2D eigenvalue weighted by atomic mass is 9.79. The summed E-state index contributed by atoms with van der Waals surface area (Å²) in [6.45, 7) is 11.3. The highest BCUT2D eigenvalue weighted by Crippen LogP contribution is 2.39. The second-order valence-electron chi connectivity index (χ2n) is 9.01. The second-order valence-corrected chi connectivity index (χ2v) is 9.01. The topological polar surface area (TPSA) is 52.7 Å². The summed E-state index contributed by atoms with van der Waals surface area (Å²) >= 11 is 0. The van der Waals surface area contributed by atoms with Gasteiger partial charge in [-0.2, -0.15) is 0 Å². The Bertz CT molecular complexity index is 686. The first-order valence-electron chi connectivity index (χ1n) is 10.7. The summed E-state index contributed by atoms with van der Waals surface area (Å²) < 4.78 is 0. The Morgan fingerprint density at radius 2 is 1.86 bits per heavy atom. The van der Waals surface area contributed by atoms with Crippen molar-refractivity contribution in [3.63, 3.8) is 0 Å². The van der Waals surface area contributed by atoms with Crippen LogP contribution in [-0.4, -0.2) is 54.3 Å². The molecule has 2 heterocycles. The van der Waals surface area contributed by atoms with Gasteiger partial charge in [0.2, 0.25) is 11.8 Å². The van der Waals surface area contributed by atoms with Crippen LogP contribution in [0.25, 0.3) is 0 Å². The van der Waals surface area contributed by atoms with Gasteiger partial charge in [0, 0.05) is 51.5 Å². The van der Waals surface area contributed by atoms with Gasteiger partial charge in [0.15, 0.2) is 0 Å². The highest BCUT2D eigenvalue weighted by atomic mass is 16.2. The average molecular weight is 386 g/mol. The highest BCUT2D eigenvalue weighted by Gasteiger charge is 2.42. The van der Waals surface area contributed by atoms with Crippen LogP contribution in [-0.2, 0) is 16.1 Å². The van der Waals surface area contributed by atoms with Gasteiger partial charge >= 0.3 is 0 Å². The number of likely N-dealkylation sites (tertiary alicyclic amines) is 2. The molecule has 154 valence electrons. The second kappa shape index (κ2) is 9.08. The van der Waals surface area contributed by atoms with Crippen LogP contribution >= 0.6 is 0 Å². The summed E-state index contributed by atoms with van der Waals surface area (Å²) in [5.41, 5.74) is 3.02. The molecule has 1 atom stereocenters. The van der Waals surface area contributed by atoms with E-state index in [4.69, 9.17) is 0 Å². The van der Waals surface area contributed by atoms with Gasteiger partial charge < -0.3 is 10.2 Å². The Kier molecular flexibility index (Phi) is 6.76. The number of carbonyl (C=O) groups is 2. The minimum absolute atomic E-state index is 0.0740. The van der Waals surface area contributed by atoms with Crippen LogP contribution in [0.15, 0.2) is 24.3 Å². The summed E-state index contributed by atoms with van der Waals surface area (Å²) in [5, 5.41) is 2.72. The van der Waals surface area contributed by atoms with Gasteiger partial charge in [0.1, 0.15) is 0 Å². The zero-order valence-electron chi connectivity index (χ0n) is 17.7. The Hall–Kier alpha value is -1.88. The van der Waals surface area contributed by atoms with Crippen molar-refractivity contribution in [1.82, 2.24) is 15.1 Å². The van der Waals surface area contributed by atoms with Gasteiger partial charge in [-0.3, -0.25) is 14.5 Å². The maximum atomic E-state index is 12.5. The summed E-state index contributed by atoms with van der Waals surface area (Å²) in [6, 6.07) is 9.04. The van der Waals surface area contributed by atoms with Crippen molar-refractivity contribution in [2.24, 2.45) is 5.41 Å². The third kappa shape index (κ3) is 5.34. The molecule has 1 aromatic carbocycles. The summed E-state index contributed by atoms with van der Waals surface area (Å²) in [7, 11) is 0. The van der Waals surface area contributed by atoms with E-state index in [1.54, 1.807) is 0 Å². The third-order valence-electron chi connectivity index (χ3n) is 6.30. The predicted octanol–water partition coefficient (Wildman–Crippen LogP) is 3.15. The van der Waals surface area contributed by atoms with Crippen molar-refractivity contribution in [1.29, 1.82) is 0 Å². The molecular formula is C23H35N3O2. The molecule has 0 aromatic heterocycles. The molecule has 2 amide bonds. The maximum absolute atomic E-state index is 12.5. The Balaban J connectivity index is 1.52. The molecule has 0 radical (unpaired) electrons. The number of nitrogens with one attached hydrogen (secondary N) is 1. The molecule has 0 aliphatic carbocycles.